The molecule has 0 amide bonds. The van der Waals surface area contributed by atoms with Crippen LogP contribution in [0.25, 0.3) is 17.7 Å². The molecule has 40 heavy (non-hydrogen) atoms. The summed E-state index contributed by atoms with van der Waals surface area (Å²) in [6, 6.07) is 22.4. The zero-order valence-corrected chi connectivity index (χ0v) is 22.4. The number of allylic oxidation sites excluding steroid dienone is 9. The summed E-state index contributed by atoms with van der Waals surface area (Å²) in [4.78, 5) is 18.1. The summed E-state index contributed by atoms with van der Waals surface area (Å²) >= 11 is 0. The van der Waals surface area contributed by atoms with Gasteiger partial charge in [0, 0.05) is 34.0 Å². The molecule has 0 saturated carbocycles. The van der Waals surface area contributed by atoms with Gasteiger partial charge in [-0.05, 0) is 72.4 Å². The molecular formula is C33H24FeN6. The first-order chi connectivity index (χ1) is 19.3. The van der Waals surface area contributed by atoms with Crippen molar-refractivity contribution in [3.8, 4) is 0 Å². The van der Waals surface area contributed by atoms with Crippen molar-refractivity contribution in [2.75, 3.05) is 0 Å². The molecule has 1 aromatic heterocycles. The van der Waals surface area contributed by atoms with Crippen LogP contribution in [0.15, 0.2) is 159 Å². The van der Waals surface area contributed by atoms with Gasteiger partial charge in [-0.25, -0.2) is 22.1 Å². The Balaban J connectivity index is 0.000000438. The minimum Gasteiger partial charge on any atom is -0.355 e. The molecule has 0 atom stereocenters. The third-order valence-corrected chi connectivity index (χ3v) is 6.59. The Morgan fingerprint density at radius 3 is 1.98 bits per heavy atom. The molecule has 0 fully saturated rings. The van der Waals surface area contributed by atoms with E-state index in [-0.39, 0.29) is 17.1 Å². The van der Waals surface area contributed by atoms with Gasteiger partial charge >= 0.3 is 17.1 Å². The van der Waals surface area contributed by atoms with Gasteiger partial charge in [-0.15, -0.1) is 12.1 Å². The minimum absolute atomic E-state index is 0. The Labute approximate surface area is 242 Å². The predicted octanol–water partition coefficient (Wildman–Crippen LogP) is 4.24. The second kappa shape index (κ2) is 11.0. The number of nitrogens with zero attached hydrogens (tertiary/aromatic N) is 3. The molecule has 2 aromatic carbocycles. The van der Waals surface area contributed by atoms with Gasteiger partial charge in [0.15, 0.2) is 0 Å². The first kappa shape index (κ1) is 25.3. The van der Waals surface area contributed by atoms with Crippen LogP contribution in [-0.2, 0) is 17.1 Å². The molecule has 0 radical (unpaired) electrons. The number of nitrogens with one attached hydrogen (secondary N) is 3. The van der Waals surface area contributed by atoms with Crippen LogP contribution in [0.1, 0.15) is 5.56 Å². The molecule has 7 heteroatoms. The Hall–Kier alpha value is -4.97. The number of aromatic nitrogens is 1. The van der Waals surface area contributed by atoms with Crippen molar-refractivity contribution in [1.82, 2.24) is 15.8 Å². The summed E-state index contributed by atoms with van der Waals surface area (Å²) in [5.74, 6) is 0. The van der Waals surface area contributed by atoms with Gasteiger partial charge in [-0.2, -0.15) is 30.3 Å². The van der Waals surface area contributed by atoms with E-state index in [9.17, 15) is 0 Å². The van der Waals surface area contributed by atoms with Crippen LogP contribution < -0.4 is 21.5 Å². The molecule has 8 rings (SSSR count). The van der Waals surface area contributed by atoms with Gasteiger partial charge < -0.3 is 15.8 Å². The van der Waals surface area contributed by atoms with E-state index in [0.717, 1.165) is 67.3 Å². The van der Waals surface area contributed by atoms with E-state index in [1.54, 1.807) is 0 Å². The van der Waals surface area contributed by atoms with Crippen LogP contribution in [0, 0.1) is 0 Å². The smallest absolute Gasteiger partial charge is 0.355 e. The number of hydrogen-bond acceptors (Lipinski definition) is 5. The number of aromatic amines is 1. The van der Waals surface area contributed by atoms with Crippen LogP contribution >= 0.6 is 0 Å². The van der Waals surface area contributed by atoms with Gasteiger partial charge in [0.05, 0.1) is 22.8 Å². The second-order valence-electron chi connectivity index (χ2n) is 9.32. The summed E-state index contributed by atoms with van der Waals surface area (Å²) in [6.07, 6.45) is 20.2. The van der Waals surface area contributed by atoms with Crippen molar-refractivity contribution >= 4 is 34.9 Å². The van der Waals surface area contributed by atoms with E-state index in [0.29, 0.717) is 0 Å². The summed E-state index contributed by atoms with van der Waals surface area (Å²) in [6.45, 7) is 0. The van der Waals surface area contributed by atoms with Crippen molar-refractivity contribution in [3.63, 3.8) is 0 Å². The summed E-state index contributed by atoms with van der Waals surface area (Å²) < 4.78 is 0. The van der Waals surface area contributed by atoms with Gasteiger partial charge in [0.2, 0.25) is 0 Å². The minimum atomic E-state index is 0. The standard InChI is InChI=1S/C28H19N6.C5H5.Fe/c1-2-4-17(3-1)27-25-15-22-9-7-20(31-22)13-18-5-6-19(30-18)14-21-8-10-23(32-21)16-26(33-25)28(27)24-11-12-29-34-24;1-2-4-5-3-1;/h1-16,29-30,34H;1-5H;/q2*-1;+2/b18-13?,19-14?,22-15?,23-16?,28-24+;;. The van der Waals surface area contributed by atoms with Crippen LogP contribution in [0.4, 0.5) is 0 Å². The van der Waals surface area contributed by atoms with E-state index in [2.05, 4.69) is 58.3 Å². The van der Waals surface area contributed by atoms with Crippen LogP contribution in [0.5, 0.6) is 0 Å². The van der Waals surface area contributed by atoms with Gasteiger partial charge in [0.1, 0.15) is 0 Å². The predicted molar refractivity (Wildman–Crippen MR) is 159 cm³/mol. The number of rotatable bonds is 1. The van der Waals surface area contributed by atoms with Crippen molar-refractivity contribution in [2.24, 2.45) is 15.0 Å². The first-order valence-electron chi connectivity index (χ1n) is 12.8. The van der Waals surface area contributed by atoms with Crippen molar-refractivity contribution in [3.05, 3.63) is 160 Å². The molecule has 3 N–H and O–H groups in total. The fraction of sp³-hybridized carbons (Fsp3) is 0. The first-order valence-corrected chi connectivity index (χ1v) is 12.8. The van der Waals surface area contributed by atoms with E-state index < -0.39 is 0 Å². The van der Waals surface area contributed by atoms with E-state index >= 15 is 0 Å². The number of hydrogen-bond donors (Lipinski definition) is 3. The maximum atomic E-state index is 5.08. The number of aliphatic imine (C=N–C) groups is 3. The van der Waals surface area contributed by atoms with Crippen LogP contribution in [-0.4, -0.2) is 22.1 Å². The van der Waals surface area contributed by atoms with Crippen LogP contribution in [0.3, 0.4) is 0 Å². The van der Waals surface area contributed by atoms with E-state index in [1.807, 2.05) is 85.1 Å². The Morgan fingerprint density at radius 1 is 0.700 bits per heavy atom. The SMILES string of the molecule is C1=C/C(=C2/C3=NC(=C2[c-]2cccc2)C=C2C=CC(=N2)C=c2ccc([nH]2)=CC2=NC(=C3)C=C2)NN1.[Fe+2].c1cc[cH-]c1. The largest absolute Gasteiger partial charge is 2.00 e. The molecule has 5 aliphatic rings. The molecule has 0 aliphatic carbocycles. The summed E-state index contributed by atoms with van der Waals surface area (Å²) in [7, 11) is 0. The normalized spacial score (nSPS) is 19.6. The zero-order valence-electron chi connectivity index (χ0n) is 21.3. The third-order valence-electron chi connectivity index (χ3n) is 6.59. The maximum Gasteiger partial charge on any atom is 2.00 e. The maximum absolute atomic E-state index is 5.08. The van der Waals surface area contributed by atoms with Crippen molar-refractivity contribution in [2.45, 2.75) is 0 Å². The molecule has 3 aromatic rings. The van der Waals surface area contributed by atoms with Gasteiger partial charge in [0.25, 0.3) is 0 Å². The van der Waals surface area contributed by atoms with Crippen LogP contribution in [0.2, 0.25) is 0 Å². The third kappa shape index (κ3) is 5.16. The Kier molecular flexibility index (Phi) is 6.98. The Morgan fingerprint density at radius 2 is 1.38 bits per heavy atom. The van der Waals surface area contributed by atoms with E-state index in [4.69, 9.17) is 15.0 Å². The topological polar surface area (TPSA) is 76.9 Å². The fourth-order valence-electron chi connectivity index (χ4n) is 4.87. The molecular weight excluding hydrogens is 536 g/mol. The number of fused-ring (bicyclic) bond motifs is 5. The molecule has 0 unspecified atom stereocenters. The number of H-pyrrole nitrogens is 1. The average Bonchev–Trinajstić information content (AvgIpc) is 3.78. The molecule has 0 spiro atoms. The quantitative estimate of drug-likeness (QED) is 0.308. The summed E-state index contributed by atoms with van der Waals surface area (Å²) in [5.41, 5.74) is 15.8. The molecule has 6 heterocycles. The molecule has 0 saturated heterocycles. The molecule has 194 valence electrons. The van der Waals surface area contributed by atoms with E-state index in [1.165, 1.54) is 0 Å². The monoisotopic (exact) mass is 560 g/mol. The fourth-order valence-corrected chi connectivity index (χ4v) is 4.87. The van der Waals surface area contributed by atoms with Gasteiger partial charge in [-0.1, -0.05) is 11.1 Å². The van der Waals surface area contributed by atoms with Gasteiger partial charge in [-0.3, -0.25) is 4.99 Å². The second-order valence-corrected chi connectivity index (χ2v) is 9.32. The Bertz CT molecular complexity index is 1860. The molecule has 8 bridgehead atoms. The number of hydrazine groups is 1. The molecule has 6 nitrogen and oxygen atoms in total. The average molecular weight is 560 g/mol. The zero-order chi connectivity index (χ0) is 26.0. The summed E-state index contributed by atoms with van der Waals surface area (Å²) in [5, 5.41) is 1.99. The van der Waals surface area contributed by atoms with Crippen molar-refractivity contribution < 1.29 is 17.1 Å². The molecule has 5 aliphatic heterocycles. The van der Waals surface area contributed by atoms with Crippen molar-refractivity contribution in [1.29, 1.82) is 0 Å².